The van der Waals surface area contributed by atoms with E-state index in [4.69, 9.17) is 0 Å². The van der Waals surface area contributed by atoms with Crippen molar-refractivity contribution in [3.63, 3.8) is 0 Å². The minimum atomic E-state index is -0.0297. The molecule has 5 heteroatoms. The first-order valence-corrected chi connectivity index (χ1v) is 8.47. The van der Waals surface area contributed by atoms with E-state index in [0.717, 1.165) is 22.5 Å². The van der Waals surface area contributed by atoms with Gasteiger partial charge in [-0.2, -0.15) is 0 Å². The van der Waals surface area contributed by atoms with Crippen molar-refractivity contribution in [3.05, 3.63) is 83.6 Å². The summed E-state index contributed by atoms with van der Waals surface area (Å²) < 4.78 is 1.87. The van der Waals surface area contributed by atoms with E-state index in [1.165, 1.54) is 0 Å². The van der Waals surface area contributed by atoms with Crippen molar-refractivity contribution >= 4 is 11.6 Å². The topological polar surface area (TPSA) is 60.2 Å². The Labute approximate surface area is 151 Å². The summed E-state index contributed by atoms with van der Waals surface area (Å²) in [5, 5.41) is 0. The number of fused-ring (bicyclic) bond motifs is 1. The van der Waals surface area contributed by atoms with Crippen LogP contribution in [0.4, 0.5) is 0 Å². The van der Waals surface area contributed by atoms with E-state index in [-0.39, 0.29) is 12.2 Å². The number of rotatable bonds is 4. The Bertz CT molecular complexity index is 1100. The Morgan fingerprint density at radius 1 is 0.962 bits per heavy atom. The number of imidazole rings is 1. The maximum absolute atomic E-state index is 12.6. The van der Waals surface area contributed by atoms with Crippen molar-refractivity contribution < 1.29 is 4.79 Å². The van der Waals surface area contributed by atoms with Gasteiger partial charge in [0.2, 0.25) is 5.78 Å². The van der Waals surface area contributed by atoms with Crippen LogP contribution in [-0.4, -0.2) is 25.1 Å². The third-order valence-electron chi connectivity index (χ3n) is 4.30. The van der Waals surface area contributed by atoms with Crippen LogP contribution in [0.25, 0.3) is 17.0 Å². The standard InChI is InChI=1S/C21H18N4O/c1-14-8-9-15(2)22-20(14)19(26)12-17-10-11-25-13-18(24-21(25)23-17)16-6-4-3-5-7-16/h3-11,13H,12H2,1-2H3. The molecule has 0 unspecified atom stereocenters. The maximum Gasteiger partial charge on any atom is 0.234 e. The van der Waals surface area contributed by atoms with Crippen LogP contribution < -0.4 is 0 Å². The molecule has 5 nitrogen and oxygen atoms in total. The molecule has 0 atom stereocenters. The van der Waals surface area contributed by atoms with Gasteiger partial charge in [0.15, 0.2) is 5.78 Å². The summed E-state index contributed by atoms with van der Waals surface area (Å²) in [4.78, 5) is 26.1. The van der Waals surface area contributed by atoms with Crippen molar-refractivity contribution in [2.45, 2.75) is 20.3 Å². The van der Waals surface area contributed by atoms with Crippen molar-refractivity contribution in [1.82, 2.24) is 19.4 Å². The van der Waals surface area contributed by atoms with Crippen LogP contribution in [0.3, 0.4) is 0 Å². The van der Waals surface area contributed by atoms with Gasteiger partial charge in [-0.25, -0.2) is 15.0 Å². The second-order valence-electron chi connectivity index (χ2n) is 6.34. The lowest BCUT2D eigenvalue weighted by molar-refractivity contribution is 0.0986. The van der Waals surface area contributed by atoms with Crippen LogP contribution in [0.5, 0.6) is 0 Å². The fraction of sp³-hybridized carbons (Fsp3) is 0.143. The number of ketones is 1. The zero-order chi connectivity index (χ0) is 18.1. The van der Waals surface area contributed by atoms with Crippen molar-refractivity contribution in [3.8, 4) is 11.3 Å². The molecular formula is C21H18N4O. The lowest BCUT2D eigenvalue weighted by Gasteiger charge is -2.05. The zero-order valence-electron chi connectivity index (χ0n) is 14.7. The Kier molecular flexibility index (Phi) is 4.05. The molecule has 0 aliphatic rings. The molecule has 128 valence electrons. The van der Waals surface area contributed by atoms with Crippen molar-refractivity contribution in [2.24, 2.45) is 0 Å². The summed E-state index contributed by atoms with van der Waals surface area (Å²) in [5.74, 6) is 0.556. The predicted octanol–water partition coefficient (Wildman–Crippen LogP) is 3.83. The van der Waals surface area contributed by atoms with Gasteiger partial charge in [0.1, 0.15) is 5.69 Å². The first kappa shape index (κ1) is 16.1. The first-order valence-electron chi connectivity index (χ1n) is 8.47. The lowest BCUT2D eigenvalue weighted by Crippen LogP contribution is -2.10. The van der Waals surface area contributed by atoms with Crippen LogP contribution in [0.2, 0.25) is 0 Å². The van der Waals surface area contributed by atoms with E-state index < -0.39 is 0 Å². The Morgan fingerprint density at radius 3 is 2.58 bits per heavy atom. The Morgan fingerprint density at radius 2 is 1.77 bits per heavy atom. The van der Waals surface area contributed by atoms with E-state index in [0.29, 0.717) is 17.2 Å². The molecule has 3 heterocycles. The number of nitrogens with zero attached hydrogens (tertiary/aromatic N) is 4. The maximum atomic E-state index is 12.6. The molecule has 0 aliphatic heterocycles. The number of Topliss-reactive ketones (excluding diaryl/α,β-unsaturated/α-hetero) is 1. The molecule has 4 rings (SSSR count). The second kappa shape index (κ2) is 6.52. The number of pyridine rings is 1. The minimum absolute atomic E-state index is 0.0297. The lowest BCUT2D eigenvalue weighted by atomic mass is 10.1. The molecule has 0 spiro atoms. The molecule has 26 heavy (non-hydrogen) atoms. The smallest absolute Gasteiger partial charge is 0.234 e. The quantitative estimate of drug-likeness (QED) is 0.529. The predicted molar refractivity (Wildman–Crippen MR) is 100 cm³/mol. The highest BCUT2D eigenvalue weighted by molar-refractivity contribution is 5.96. The van der Waals surface area contributed by atoms with E-state index in [1.54, 1.807) is 0 Å². The van der Waals surface area contributed by atoms with Crippen molar-refractivity contribution in [2.75, 3.05) is 0 Å². The molecule has 0 aliphatic carbocycles. The molecule has 0 radical (unpaired) electrons. The summed E-state index contributed by atoms with van der Waals surface area (Å²) in [6.45, 7) is 3.78. The van der Waals surface area contributed by atoms with Gasteiger partial charge < -0.3 is 0 Å². The van der Waals surface area contributed by atoms with Crippen LogP contribution in [-0.2, 0) is 6.42 Å². The number of benzene rings is 1. The minimum Gasteiger partial charge on any atom is -0.292 e. The SMILES string of the molecule is Cc1ccc(C)c(C(=O)Cc2ccn3cc(-c4ccccc4)nc3n2)n1. The number of carbonyl (C=O) groups is 1. The molecular weight excluding hydrogens is 324 g/mol. The van der Waals surface area contributed by atoms with Gasteiger partial charge in [0.05, 0.1) is 17.8 Å². The van der Waals surface area contributed by atoms with E-state index >= 15 is 0 Å². The van der Waals surface area contributed by atoms with Gasteiger partial charge in [0, 0.05) is 23.7 Å². The van der Waals surface area contributed by atoms with E-state index in [2.05, 4.69) is 15.0 Å². The molecule has 0 fully saturated rings. The number of carbonyl (C=O) groups excluding carboxylic acids is 1. The Hall–Kier alpha value is -3.34. The summed E-state index contributed by atoms with van der Waals surface area (Å²) in [6.07, 6.45) is 4.04. The van der Waals surface area contributed by atoms with Gasteiger partial charge in [-0.3, -0.25) is 9.20 Å². The fourth-order valence-electron chi connectivity index (χ4n) is 2.91. The average Bonchev–Trinajstić information content (AvgIpc) is 3.08. The van der Waals surface area contributed by atoms with E-state index in [9.17, 15) is 4.79 Å². The van der Waals surface area contributed by atoms with Gasteiger partial charge in [-0.05, 0) is 31.5 Å². The summed E-state index contributed by atoms with van der Waals surface area (Å²) in [6, 6.07) is 15.6. The van der Waals surface area contributed by atoms with Crippen molar-refractivity contribution in [1.29, 1.82) is 0 Å². The zero-order valence-corrected chi connectivity index (χ0v) is 14.7. The van der Waals surface area contributed by atoms with Crippen LogP contribution in [0.1, 0.15) is 27.4 Å². The second-order valence-corrected chi connectivity index (χ2v) is 6.34. The summed E-state index contributed by atoms with van der Waals surface area (Å²) >= 11 is 0. The van der Waals surface area contributed by atoms with Gasteiger partial charge in [-0.15, -0.1) is 0 Å². The third-order valence-corrected chi connectivity index (χ3v) is 4.30. The van der Waals surface area contributed by atoms with Gasteiger partial charge in [0.25, 0.3) is 0 Å². The summed E-state index contributed by atoms with van der Waals surface area (Å²) in [7, 11) is 0. The highest BCUT2D eigenvalue weighted by atomic mass is 16.1. The number of hydrogen-bond donors (Lipinski definition) is 0. The molecule has 0 bridgehead atoms. The van der Waals surface area contributed by atoms with Crippen LogP contribution in [0.15, 0.2) is 60.9 Å². The Balaban J connectivity index is 1.63. The highest BCUT2D eigenvalue weighted by Gasteiger charge is 2.14. The number of aryl methyl sites for hydroxylation is 2. The highest BCUT2D eigenvalue weighted by Crippen LogP contribution is 2.18. The monoisotopic (exact) mass is 342 g/mol. The first-order chi connectivity index (χ1) is 12.6. The molecule has 0 saturated carbocycles. The number of hydrogen-bond acceptors (Lipinski definition) is 4. The van der Waals surface area contributed by atoms with Gasteiger partial charge in [-0.1, -0.05) is 36.4 Å². The fourth-order valence-corrected chi connectivity index (χ4v) is 2.91. The molecule has 0 N–H and O–H groups in total. The normalized spacial score (nSPS) is 11.0. The van der Waals surface area contributed by atoms with Gasteiger partial charge >= 0.3 is 0 Å². The molecule has 0 amide bonds. The van der Waals surface area contributed by atoms with Crippen LogP contribution >= 0.6 is 0 Å². The van der Waals surface area contributed by atoms with E-state index in [1.807, 2.05) is 79.2 Å². The molecule has 1 aromatic carbocycles. The molecule has 4 aromatic rings. The molecule has 3 aromatic heterocycles. The molecule has 0 saturated heterocycles. The number of aromatic nitrogens is 4. The van der Waals surface area contributed by atoms with Crippen LogP contribution in [0, 0.1) is 13.8 Å². The largest absolute Gasteiger partial charge is 0.292 e. The third kappa shape index (κ3) is 3.11. The summed E-state index contributed by atoms with van der Waals surface area (Å²) in [5.41, 5.74) is 4.82. The average molecular weight is 342 g/mol.